The van der Waals surface area contributed by atoms with Crippen LogP contribution in [-0.4, -0.2) is 8.41 Å². The zero-order valence-electron chi connectivity index (χ0n) is 14.2. The third-order valence-corrected chi connectivity index (χ3v) is 6.24. The van der Waals surface area contributed by atoms with Gasteiger partial charge in [0.15, 0.2) is 0 Å². The Balaban J connectivity index is 2.13. The van der Waals surface area contributed by atoms with Crippen LogP contribution in [0.15, 0.2) is 47.1 Å². The topological polar surface area (TPSA) is 0 Å². The number of allylic oxidation sites excluding steroid dienone is 5. The standard InChI is InChI=1S/C21H25Si/c1-5-6-9-16-10-7-12-18(16)19-14-17-11-8-13-20(22(3)4)21(17)15(19)2/h7-8,10-11,13H,5-6,9,12H2,1-4H3. The van der Waals surface area contributed by atoms with Crippen molar-refractivity contribution in [2.45, 2.75) is 52.6 Å². The molecule has 1 aromatic rings. The van der Waals surface area contributed by atoms with Crippen molar-refractivity contribution in [1.29, 1.82) is 0 Å². The molecule has 0 spiro atoms. The zero-order valence-corrected chi connectivity index (χ0v) is 15.2. The lowest BCUT2D eigenvalue weighted by atomic mass is 9.95. The van der Waals surface area contributed by atoms with Gasteiger partial charge in [-0.15, -0.1) is 0 Å². The van der Waals surface area contributed by atoms with E-state index in [0.29, 0.717) is 0 Å². The van der Waals surface area contributed by atoms with Gasteiger partial charge in [-0.05, 0) is 70.2 Å². The van der Waals surface area contributed by atoms with Gasteiger partial charge in [0.25, 0.3) is 0 Å². The maximum atomic E-state index is 3.73. The summed E-state index contributed by atoms with van der Waals surface area (Å²) in [5.74, 6) is 0. The number of hydrogen-bond acceptors (Lipinski definition) is 0. The normalized spacial score (nSPS) is 16.4. The molecule has 0 aliphatic heterocycles. The van der Waals surface area contributed by atoms with Crippen molar-refractivity contribution in [3.05, 3.63) is 68.7 Å². The molecule has 0 amide bonds. The van der Waals surface area contributed by atoms with Crippen molar-refractivity contribution >= 4 is 14.0 Å². The minimum absolute atomic E-state index is 0.448. The predicted molar refractivity (Wildman–Crippen MR) is 97.6 cm³/mol. The second-order valence-electron chi connectivity index (χ2n) is 6.57. The SMILES string of the molecule is CCCCC1=C(C2=[C]c3cccc(=[Si](C)C)c3=C2C)CC=C1. The first kappa shape index (κ1) is 15.4. The second-order valence-corrected chi connectivity index (χ2v) is 9.11. The molecule has 0 bridgehead atoms. The number of fused-ring (bicyclic) bond motifs is 1. The van der Waals surface area contributed by atoms with Gasteiger partial charge in [-0.25, -0.2) is 0 Å². The molecular weight excluding hydrogens is 280 g/mol. The molecule has 2 aliphatic rings. The molecular formula is C21H25Si. The molecule has 0 aromatic heterocycles. The van der Waals surface area contributed by atoms with Crippen molar-refractivity contribution in [2.24, 2.45) is 0 Å². The minimum atomic E-state index is -0.448. The molecule has 113 valence electrons. The number of rotatable bonds is 4. The Morgan fingerprint density at radius 1 is 1.23 bits per heavy atom. The molecule has 3 rings (SSSR count). The minimum Gasteiger partial charge on any atom is -0.0798 e. The summed E-state index contributed by atoms with van der Waals surface area (Å²) in [4.78, 5) is 1.56. The predicted octanol–water partition coefficient (Wildman–Crippen LogP) is 4.98. The largest absolute Gasteiger partial charge is 0.0798 e. The van der Waals surface area contributed by atoms with Crippen LogP contribution in [0.1, 0.15) is 45.1 Å². The maximum absolute atomic E-state index is 3.73. The van der Waals surface area contributed by atoms with Crippen LogP contribution < -0.4 is 5.22 Å². The average Bonchev–Trinajstić information content (AvgIpc) is 3.09. The summed E-state index contributed by atoms with van der Waals surface area (Å²) in [5, 5.41) is 1.48. The summed E-state index contributed by atoms with van der Waals surface area (Å²) in [6, 6.07) is 6.75. The van der Waals surface area contributed by atoms with Crippen molar-refractivity contribution in [2.75, 3.05) is 0 Å². The van der Waals surface area contributed by atoms with Crippen molar-refractivity contribution in [1.82, 2.24) is 0 Å². The molecule has 1 heteroatoms. The van der Waals surface area contributed by atoms with Crippen LogP contribution in [0.2, 0.25) is 13.1 Å². The summed E-state index contributed by atoms with van der Waals surface area (Å²) < 4.78 is 0. The molecule has 2 aliphatic carbocycles. The summed E-state index contributed by atoms with van der Waals surface area (Å²) in [5.41, 5.74) is 7.20. The Hall–Kier alpha value is -1.47. The molecule has 0 saturated heterocycles. The van der Waals surface area contributed by atoms with E-state index >= 15 is 0 Å². The van der Waals surface area contributed by atoms with Crippen LogP contribution in [0, 0.1) is 10.9 Å². The van der Waals surface area contributed by atoms with E-state index in [1.165, 1.54) is 52.3 Å². The molecule has 0 unspecified atom stereocenters. The molecule has 22 heavy (non-hydrogen) atoms. The van der Waals surface area contributed by atoms with Gasteiger partial charge in [0.1, 0.15) is 0 Å². The highest BCUT2D eigenvalue weighted by molar-refractivity contribution is 6.47. The first-order valence-corrected chi connectivity index (χ1v) is 10.9. The first-order chi connectivity index (χ1) is 10.6. The van der Waals surface area contributed by atoms with E-state index in [0.717, 1.165) is 6.42 Å². The Labute approximate surface area is 135 Å². The summed E-state index contributed by atoms with van der Waals surface area (Å²) in [6.45, 7) is 9.33. The number of hydrogen-bond donors (Lipinski definition) is 0. The number of unbranched alkanes of at least 4 members (excludes halogenated alkanes) is 1. The third kappa shape index (κ3) is 2.63. The lowest BCUT2D eigenvalue weighted by molar-refractivity contribution is 0.795. The maximum Gasteiger partial charge on any atom is 0.0136 e. The molecule has 0 N–H and O–H groups in total. The zero-order chi connectivity index (χ0) is 15.7. The van der Waals surface area contributed by atoms with Crippen molar-refractivity contribution < 1.29 is 0 Å². The fourth-order valence-electron chi connectivity index (χ4n) is 3.55. The fraction of sp³-hybridized carbons (Fsp3) is 0.381. The van der Waals surface area contributed by atoms with Crippen LogP contribution >= 0.6 is 0 Å². The van der Waals surface area contributed by atoms with Crippen LogP contribution in [-0.2, 0) is 0 Å². The molecule has 0 heterocycles. The van der Waals surface area contributed by atoms with Crippen LogP contribution in [0.3, 0.4) is 0 Å². The molecule has 1 radical (unpaired) electrons. The summed E-state index contributed by atoms with van der Waals surface area (Å²) in [6.07, 6.45) is 13.2. The highest BCUT2D eigenvalue weighted by atomic mass is 28.2. The average molecular weight is 306 g/mol. The van der Waals surface area contributed by atoms with E-state index in [4.69, 9.17) is 0 Å². The Morgan fingerprint density at radius 3 is 2.77 bits per heavy atom. The molecule has 0 saturated carbocycles. The lowest BCUT2D eigenvalue weighted by Crippen LogP contribution is -2.12. The Bertz CT molecular complexity index is 812. The van der Waals surface area contributed by atoms with E-state index in [2.05, 4.69) is 63.4 Å². The van der Waals surface area contributed by atoms with E-state index in [1.807, 2.05) is 0 Å². The van der Waals surface area contributed by atoms with Crippen LogP contribution in [0.25, 0.3) is 5.57 Å². The third-order valence-electron chi connectivity index (χ3n) is 4.74. The molecule has 0 nitrogen and oxygen atoms in total. The monoisotopic (exact) mass is 305 g/mol. The van der Waals surface area contributed by atoms with Gasteiger partial charge in [0.2, 0.25) is 0 Å². The summed E-state index contributed by atoms with van der Waals surface area (Å²) in [7, 11) is -0.448. The highest BCUT2D eigenvalue weighted by Crippen LogP contribution is 2.35. The molecule has 0 fully saturated rings. The van der Waals surface area contributed by atoms with Crippen molar-refractivity contribution in [3.63, 3.8) is 0 Å². The van der Waals surface area contributed by atoms with E-state index in [9.17, 15) is 0 Å². The molecule has 1 aromatic carbocycles. The quantitative estimate of drug-likeness (QED) is 0.688. The van der Waals surface area contributed by atoms with Crippen LogP contribution in [0.4, 0.5) is 0 Å². The number of benzene rings is 1. The van der Waals surface area contributed by atoms with Gasteiger partial charge in [-0.3, -0.25) is 0 Å². The Morgan fingerprint density at radius 2 is 2.05 bits per heavy atom. The van der Waals surface area contributed by atoms with Gasteiger partial charge in [0.05, 0.1) is 0 Å². The highest BCUT2D eigenvalue weighted by Gasteiger charge is 2.20. The Kier molecular flexibility index (Phi) is 4.44. The van der Waals surface area contributed by atoms with Gasteiger partial charge >= 0.3 is 0 Å². The molecule has 0 atom stereocenters. The fourth-order valence-corrected chi connectivity index (χ4v) is 4.80. The van der Waals surface area contributed by atoms with Gasteiger partial charge in [-0.1, -0.05) is 56.8 Å². The van der Waals surface area contributed by atoms with E-state index in [-0.39, 0.29) is 0 Å². The van der Waals surface area contributed by atoms with Gasteiger partial charge in [0, 0.05) is 8.41 Å². The van der Waals surface area contributed by atoms with Gasteiger partial charge < -0.3 is 0 Å². The first-order valence-electron chi connectivity index (χ1n) is 8.44. The van der Waals surface area contributed by atoms with E-state index in [1.54, 1.807) is 4.81 Å². The summed E-state index contributed by atoms with van der Waals surface area (Å²) >= 11 is 0. The van der Waals surface area contributed by atoms with Crippen LogP contribution in [0.5, 0.6) is 0 Å². The smallest absolute Gasteiger partial charge is 0.0136 e. The van der Waals surface area contributed by atoms with E-state index < -0.39 is 8.41 Å². The second kappa shape index (κ2) is 6.34. The lowest BCUT2D eigenvalue weighted by Gasteiger charge is -2.10. The van der Waals surface area contributed by atoms with Gasteiger partial charge in [-0.2, -0.15) is 0 Å². The van der Waals surface area contributed by atoms with Crippen molar-refractivity contribution in [3.8, 4) is 0 Å².